The van der Waals surface area contributed by atoms with Crippen molar-refractivity contribution >= 4 is 11.9 Å². The van der Waals surface area contributed by atoms with Crippen LogP contribution in [0.15, 0.2) is 42.5 Å². The first-order valence-electron chi connectivity index (χ1n) is 16.3. The van der Waals surface area contributed by atoms with Crippen molar-refractivity contribution in [1.82, 2.24) is 10.2 Å². The van der Waals surface area contributed by atoms with Crippen LogP contribution < -0.4 is 5.32 Å². The largest absolute Gasteiger partial charge is 0.508 e. The molecule has 2 aromatic rings. The molecule has 0 fully saturated rings. The number of amides is 1. The van der Waals surface area contributed by atoms with E-state index in [0.29, 0.717) is 18.2 Å². The molecular formula is C35H51F3N2O4. The number of nitrogens with zero attached hydrogens (tertiary/aromatic N) is 1. The number of alkyl halides is 3. The quantitative estimate of drug-likeness (QED) is 0.102. The first kappa shape index (κ1) is 37.1. The Hall–Kier alpha value is -3.07. The number of carbonyl (C=O) groups is 2. The van der Waals surface area contributed by atoms with E-state index in [-0.39, 0.29) is 37.7 Å². The Balaban J connectivity index is 1.75. The van der Waals surface area contributed by atoms with Crippen LogP contribution in [0.1, 0.15) is 124 Å². The fourth-order valence-corrected chi connectivity index (χ4v) is 5.14. The number of halogens is 3. The number of hydrogen-bond donors (Lipinski definition) is 2. The second-order valence-corrected chi connectivity index (χ2v) is 11.5. The zero-order valence-corrected chi connectivity index (χ0v) is 26.5. The third-order valence-corrected chi connectivity index (χ3v) is 7.65. The summed E-state index contributed by atoms with van der Waals surface area (Å²) < 4.78 is 44.0. The number of esters is 1. The summed E-state index contributed by atoms with van der Waals surface area (Å²) in [5.74, 6) is -1.12. The van der Waals surface area contributed by atoms with Crippen LogP contribution in [0, 0.1) is 0 Å². The Bertz CT molecular complexity index is 1110. The van der Waals surface area contributed by atoms with Gasteiger partial charge in [0.1, 0.15) is 5.75 Å². The van der Waals surface area contributed by atoms with Crippen molar-refractivity contribution in [2.24, 2.45) is 0 Å². The molecule has 9 heteroatoms. The number of carbonyl (C=O) groups excluding carboxylic acids is 2. The number of unbranched alkanes of at least 4 members (excludes halogenated alkanes) is 12. The van der Waals surface area contributed by atoms with Crippen LogP contribution in [0.2, 0.25) is 0 Å². The van der Waals surface area contributed by atoms with Gasteiger partial charge in [-0.1, -0.05) is 102 Å². The van der Waals surface area contributed by atoms with Crippen LogP contribution in [0.3, 0.4) is 0 Å². The average molecular weight is 621 g/mol. The fraction of sp³-hybridized carbons (Fsp3) is 0.600. The van der Waals surface area contributed by atoms with Gasteiger partial charge in [-0.2, -0.15) is 13.2 Å². The summed E-state index contributed by atoms with van der Waals surface area (Å²) >= 11 is 0. The molecule has 2 N–H and O–H groups in total. The highest BCUT2D eigenvalue weighted by Gasteiger charge is 2.31. The highest BCUT2D eigenvalue weighted by atomic mass is 19.4. The topological polar surface area (TPSA) is 78.9 Å². The van der Waals surface area contributed by atoms with E-state index in [1.165, 1.54) is 76.7 Å². The maximum Gasteiger partial charge on any atom is 0.416 e. The zero-order chi connectivity index (χ0) is 32.2. The highest BCUT2D eigenvalue weighted by Crippen LogP contribution is 2.33. The minimum atomic E-state index is -4.57. The predicted octanol–water partition coefficient (Wildman–Crippen LogP) is 8.80. The molecule has 0 spiro atoms. The first-order chi connectivity index (χ1) is 21.1. The average Bonchev–Trinajstić information content (AvgIpc) is 2.98. The Labute approximate surface area is 261 Å². The summed E-state index contributed by atoms with van der Waals surface area (Å²) in [5, 5.41) is 13.2. The molecule has 0 aliphatic carbocycles. The van der Waals surface area contributed by atoms with Crippen LogP contribution in [0.25, 0.3) is 0 Å². The molecule has 0 bridgehead atoms. The Morgan fingerprint density at radius 2 is 1.36 bits per heavy atom. The van der Waals surface area contributed by atoms with Gasteiger partial charge < -0.3 is 15.2 Å². The standard InChI is InChI=1S/C35H51F3N2O4/c1-3-5-6-7-8-9-10-11-12-13-14-15-16-23-39-34(43)29-19-17-28(18-20-29)25-40(27-33(42)44-4-2)26-30-21-22-31(24-32(30)41)35(36,37)38/h17-22,24,41H,3-16,23,25-27H2,1-2H3,(H,39,43). The second-order valence-electron chi connectivity index (χ2n) is 11.5. The van der Waals surface area contributed by atoms with E-state index in [2.05, 4.69) is 12.2 Å². The summed E-state index contributed by atoms with van der Waals surface area (Å²) in [6, 6.07) is 9.79. The van der Waals surface area contributed by atoms with Crippen molar-refractivity contribution < 1.29 is 32.6 Å². The van der Waals surface area contributed by atoms with E-state index < -0.39 is 23.5 Å². The number of aromatic hydroxyl groups is 1. The van der Waals surface area contributed by atoms with Crippen LogP contribution >= 0.6 is 0 Å². The van der Waals surface area contributed by atoms with Gasteiger partial charge in [0.25, 0.3) is 5.91 Å². The van der Waals surface area contributed by atoms with Gasteiger partial charge in [-0.05, 0) is 43.2 Å². The van der Waals surface area contributed by atoms with Crippen LogP contribution in [-0.4, -0.2) is 41.6 Å². The molecule has 246 valence electrons. The zero-order valence-electron chi connectivity index (χ0n) is 26.5. The lowest BCUT2D eigenvalue weighted by Gasteiger charge is -2.22. The molecule has 0 saturated carbocycles. The molecule has 44 heavy (non-hydrogen) atoms. The van der Waals surface area contributed by atoms with Crippen molar-refractivity contribution in [3.63, 3.8) is 0 Å². The van der Waals surface area contributed by atoms with Gasteiger partial charge in [0, 0.05) is 30.8 Å². The van der Waals surface area contributed by atoms with E-state index in [0.717, 1.165) is 24.5 Å². The van der Waals surface area contributed by atoms with Gasteiger partial charge in [0.2, 0.25) is 0 Å². The molecule has 2 aromatic carbocycles. The summed E-state index contributed by atoms with van der Waals surface area (Å²) in [5.41, 5.74) is 0.639. The van der Waals surface area contributed by atoms with Crippen LogP contribution in [0.5, 0.6) is 5.75 Å². The van der Waals surface area contributed by atoms with Gasteiger partial charge in [-0.25, -0.2) is 0 Å². The normalized spacial score (nSPS) is 11.6. The minimum absolute atomic E-state index is 0.0319. The van der Waals surface area contributed by atoms with E-state index in [1.807, 2.05) is 0 Å². The third-order valence-electron chi connectivity index (χ3n) is 7.65. The lowest BCUT2D eigenvalue weighted by molar-refractivity contribution is -0.144. The molecular weight excluding hydrogens is 569 g/mol. The Morgan fingerprint density at radius 1 is 0.795 bits per heavy atom. The highest BCUT2D eigenvalue weighted by molar-refractivity contribution is 5.94. The molecule has 0 saturated heterocycles. The summed E-state index contributed by atoms with van der Waals surface area (Å²) in [6.45, 7) is 4.94. The van der Waals surface area contributed by atoms with Gasteiger partial charge in [0.15, 0.2) is 0 Å². The summed E-state index contributed by atoms with van der Waals surface area (Å²) in [6.07, 6.45) is 12.0. The molecule has 2 rings (SSSR count). The summed E-state index contributed by atoms with van der Waals surface area (Å²) in [4.78, 5) is 26.5. The lowest BCUT2D eigenvalue weighted by atomic mass is 10.0. The SMILES string of the molecule is CCCCCCCCCCCCCCCNC(=O)c1ccc(CN(CC(=O)OCC)Cc2ccc(C(F)(F)F)cc2O)cc1. The smallest absolute Gasteiger partial charge is 0.416 e. The summed E-state index contributed by atoms with van der Waals surface area (Å²) in [7, 11) is 0. The lowest BCUT2D eigenvalue weighted by Crippen LogP contribution is -2.30. The predicted molar refractivity (Wildman–Crippen MR) is 168 cm³/mol. The maximum absolute atomic E-state index is 13.0. The molecule has 0 radical (unpaired) electrons. The number of nitrogens with one attached hydrogen (secondary N) is 1. The second kappa shape index (κ2) is 20.8. The molecule has 0 aromatic heterocycles. The number of hydrogen-bond acceptors (Lipinski definition) is 5. The van der Waals surface area contributed by atoms with E-state index >= 15 is 0 Å². The van der Waals surface area contributed by atoms with Gasteiger partial charge in [0.05, 0.1) is 18.7 Å². The van der Waals surface area contributed by atoms with Crippen molar-refractivity contribution in [2.75, 3.05) is 19.7 Å². The number of ether oxygens (including phenoxy) is 1. The number of phenols is 1. The molecule has 0 unspecified atom stereocenters. The molecule has 0 atom stereocenters. The Morgan fingerprint density at radius 3 is 1.89 bits per heavy atom. The fourth-order valence-electron chi connectivity index (χ4n) is 5.14. The van der Waals surface area contributed by atoms with Gasteiger partial charge in [-0.3, -0.25) is 14.5 Å². The van der Waals surface area contributed by atoms with Gasteiger partial charge >= 0.3 is 12.1 Å². The van der Waals surface area contributed by atoms with Crippen molar-refractivity contribution in [3.05, 3.63) is 64.7 Å². The number of benzene rings is 2. The van der Waals surface area contributed by atoms with Gasteiger partial charge in [-0.15, -0.1) is 0 Å². The molecule has 6 nitrogen and oxygen atoms in total. The van der Waals surface area contributed by atoms with E-state index in [9.17, 15) is 27.9 Å². The van der Waals surface area contributed by atoms with E-state index in [4.69, 9.17) is 4.74 Å². The first-order valence-corrected chi connectivity index (χ1v) is 16.3. The van der Waals surface area contributed by atoms with Crippen molar-refractivity contribution in [3.8, 4) is 5.75 Å². The maximum atomic E-state index is 13.0. The van der Waals surface area contributed by atoms with Crippen LogP contribution in [0.4, 0.5) is 13.2 Å². The minimum Gasteiger partial charge on any atom is -0.508 e. The monoisotopic (exact) mass is 620 g/mol. The van der Waals surface area contributed by atoms with Crippen LogP contribution in [-0.2, 0) is 28.8 Å². The molecule has 0 aliphatic heterocycles. The number of rotatable bonds is 22. The van der Waals surface area contributed by atoms with Crippen molar-refractivity contribution in [2.45, 2.75) is 117 Å². The molecule has 0 aliphatic rings. The number of phenolic OH excluding ortho intramolecular Hbond substituents is 1. The molecule has 0 heterocycles. The Kier molecular flexibility index (Phi) is 17.6. The van der Waals surface area contributed by atoms with Crippen molar-refractivity contribution in [1.29, 1.82) is 0 Å². The van der Waals surface area contributed by atoms with E-state index in [1.54, 1.807) is 36.1 Å². The molecule has 1 amide bonds. The third kappa shape index (κ3) is 15.1.